The Morgan fingerprint density at radius 1 is 0.800 bits per heavy atom. The lowest BCUT2D eigenvalue weighted by Crippen LogP contribution is -2.10. The summed E-state index contributed by atoms with van der Waals surface area (Å²) in [5.74, 6) is 1.81. The number of alkyl halides is 6. The highest BCUT2D eigenvalue weighted by Crippen LogP contribution is 2.31. The number of pyridine rings is 3. The van der Waals surface area contributed by atoms with Gasteiger partial charge in [-0.15, -0.1) is 6.42 Å². The fourth-order valence-electron chi connectivity index (χ4n) is 2.83. The van der Waals surface area contributed by atoms with Crippen molar-refractivity contribution in [2.75, 3.05) is 5.32 Å². The van der Waals surface area contributed by atoms with Gasteiger partial charge in [0.05, 0.1) is 0 Å². The minimum absolute atomic E-state index is 0.0496. The third-order valence-electron chi connectivity index (χ3n) is 4.37. The first-order valence-corrected chi connectivity index (χ1v) is 9.56. The molecule has 4 rings (SSSR count). The predicted octanol–water partition coefficient (Wildman–Crippen LogP) is 5.15. The highest BCUT2D eigenvalue weighted by atomic mass is 19.4. The molecule has 7 nitrogen and oxygen atoms in total. The molecule has 0 atom stereocenters. The van der Waals surface area contributed by atoms with E-state index >= 15 is 0 Å². The summed E-state index contributed by atoms with van der Waals surface area (Å²) < 4.78 is 78.6. The number of aromatic nitrogens is 6. The van der Waals surface area contributed by atoms with Crippen LogP contribution in [0.3, 0.4) is 0 Å². The number of nitrogens with zero attached hydrogens (tertiary/aromatic N) is 6. The molecule has 0 spiro atoms. The number of nitrogens with one attached hydrogen (secondary N) is 1. The molecule has 0 saturated heterocycles. The van der Waals surface area contributed by atoms with Crippen molar-refractivity contribution in [1.82, 2.24) is 29.9 Å². The summed E-state index contributed by atoms with van der Waals surface area (Å²) in [4.78, 5) is 23.2. The Hall–Kier alpha value is -4.60. The van der Waals surface area contributed by atoms with Gasteiger partial charge in [-0.3, -0.25) is 9.97 Å². The van der Waals surface area contributed by atoms with Crippen molar-refractivity contribution in [2.24, 2.45) is 0 Å². The molecule has 1 N–H and O–H groups in total. The molecule has 0 aliphatic rings. The lowest BCUT2D eigenvalue weighted by Gasteiger charge is -2.12. The summed E-state index contributed by atoms with van der Waals surface area (Å²) in [5.41, 5.74) is -1.97. The second-order valence-corrected chi connectivity index (χ2v) is 6.87. The van der Waals surface area contributed by atoms with Crippen molar-refractivity contribution in [3.8, 4) is 35.2 Å². The van der Waals surface area contributed by atoms with Crippen molar-refractivity contribution in [1.29, 1.82) is 0 Å². The zero-order chi connectivity index (χ0) is 25.2. The zero-order valence-electron chi connectivity index (χ0n) is 17.2. The van der Waals surface area contributed by atoms with Crippen LogP contribution in [-0.4, -0.2) is 29.9 Å². The second kappa shape index (κ2) is 8.98. The van der Waals surface area contributed by atoms with Crippen LogP contribution in [0.15, 0.2) is 55.0 Å². The molecule has 176 valence electrons. The van der Waals surface area contributed by atoms with Crippen LogP contribution < -0.4 is 5.32 Å². The maximum Gasteiger partial charge on any atom is 0.433 e. The molecule has 0 fully saturated rings. The van der Waals surface area contributed by atoms with Gasteiger partial charge in [0.25, 0.3) is 0 Å². The Bertz CT molecular complexity index is 1430. The van der Waals surface area contributed by atoms with Gasteiger partial charge >= 0.3 is 12.4 Å². The fourth-order valence-corrected chi connectivity index (χ4v) is 2.83. The van der Waals surface area contributed by atoms with Crippen LogP contribution in [0.25, 0.3) is 22.9 Å². The highest BCUT2D eigenvalue weighted by molar-refractivity contribution is 5.64. The summed E-state index contributed by atoms with van der Waals surface area (Å²) >= 11 is 0. The summed E-state index contributed by atoms with van der Waals surface area (Å²) in [6.07, 6.45) is -0.341. The number of hydrogen-bond donors (Lipinski definition) is 1. The summed E-state index contributed by atoms with van der Waals surface area (Å²) in [6, 6.07) is 6.63. The number of terminal acetylenes is 1. The number of hydrogen-bond acceptors (Lipinski definition) is 7. The van der Waals surface area contributed by atoms with E-state index in [-0.39, 0.29) is 29.0 Å². The van der Waals surface area contributed by atoms with Gasteiger partial charge in [-0.05, 0) is 30.3 Å². The van der Waals surface area contributed by atoms with Gasteiger partial charge in [0, 0.05) is 35.4 Å². The molecule has 0 saturated carbocycles. The van der Waals surface area contributed by atoms with Gasteiger partial charge in [-0.2, -0.15) is 36.3 Å². The van der Waals surface area contributed by atoms with Crippen LogP contribution >= 0.6 is 0 Å². The average molecular weight is 487 g/mol. The second-order valence-electron chi connectivity index (χ2n) is 6.87. The Balaban J connectivity index is 1.83. The van der Waals surface area contributed by atoms with Crippen LogP contribution in [0, 0.1) is 12.3 Å². The van der Waals surface area contributed by atoms with Crippen LogP contribution in [0.2, 0.25) is 0 Å². The Morgan fingerprint density at radius 2 is 1.54 bits per heavy atom. The van der Waals surface area contributed by atoms with Gasteiger partial charge in [0.15, 0.2) is 11.6 Å². The van der Waals surface area contributed by atoms with Gasteiger partial charge in [0.2, 0.25) is 5.95 Å². The Labute approximate surface area is 193 Å². The fraction of sp³-hybridized carbons (Fsp3) is 0.0909. The lowest BCUT2D eigenvalue weighted by molar-refractivity contribution is -0.141. The Morgan fingerprint density at radius 3 is 2.26 bits per heavy atom. The number of anilines is 2. The van der Waals surface area contributed by atoms with E-state index in [9.17, 15) is 26.3 Å². The molecule has 0 bridgehead atoms. The first-order valence-electron chi connectivity index (χ1n) is 9.56. The van der Waals surface area contributed by atoms with E-state index in [1.807, 2.05) is 0 Å². The first kappa shape index (κ1) is 23.6. The average Bonchev–Trinajstić information content (AvgIpc) is 2.83. The van der Waals surface area contributed by atoms with E-state index in [1.165, 1.54) is 30.6 Å². The normalized spacial score (nSPS) is 11.7. The minimum atomic E-state index is -4.72. The molecule has 0 aromatic carbocycles. The lowest BCUT2D eigenvalue weighted by atomic mass is 10.2. The van der Waals surface area contributed by atoms with Gasteiger partial charge in [-0.1, -0.05) is 12.0 Å². The molecule has 0 radical (unpaired) electrons. The third-order valence-corrected chi connectivity index (χ3v) is 4.37. The van der Waals surface area contributed by atoms with Gasteiger partial charge < -0.3 is 5.32 Å². The SMILES string of the molecule is C#Cc1cncc(-c2nc(Nc3ccnc(C(F)(F)F)c3)nc(-c3cccc(C(F)(F)F)n3)n2)c1. The molecule has 0 unspecified atom stereocenters. The van der Waals surface area contributed by atoms with Crippen LogP contribution in [0.4, 0.5) is 38.0 Å². The van der Waals surface area contributed by atoms with Crippen LogP contribution in [0.5, 0.6) is 0 Å². The first-order chi connectivity index (χ1) is 16.5. The molecular formula is C22H11F6N7. The maximum absolute atomic E-state index is 13.2. The summed E-state index contributed by atoms with van der Waals surface area (Å²) in [5, 5.41) is 2.60. The van der Waals surface area contributed by atoms with E-state index < -0.39 is 23.7 Å². The maximum atomic E-state index is 13.2. The van der Waals surface area contributed by atoms with Gasteiger partial charge in [-0.25, -0.2) is 9.97 Å². The Kier molecular flexibility index (Phi) is 6.04. The van der Waals surface area contributed by atoms with Crippen molar-refractivity contribution in [3.63, 3.8) is 0 Å². The largest absolute Gasteiger partial charge is 0.433 e. The van der Waals surface area contributed by atoms with Crippen molar-refractivity contribution >= 4 is 11.6 Å². The smallest absolute Gasteiger partial charge is 0.324 e. The van der Waals surface area contributed by atoms with E-state index in [0.29, 0.717) is 11.1 Å². The molecule has 4 aromatic heterocycles. The van der Waals surface area contributed by atoms with E-state index in [0.717, 1.165) is 24.4 Å². The van der Waals surface area contributed by atoms with Crippen LogP contribution in [-0.2, 0) is 12.4 Å². The minimum Gasteiger partial charge on any atom is -0.324 e. The van der Waals surface area contributed by atoms with Crippen molar-refractivity contribution in [3.05, 3.63) is 71.9 Å². The standard InChI is InChI=1S/C22H11F6N7/c1-2-12-8-13(11-29-10-12)18-33-19(15-4-3-5-16(32-15)21(23,24)25)35-20(34-18)31-14-6-7-30-17(9-14)22(26,27)28/h1,3-11H,(H,30,31,33,34,35). The molecule has 0 amide bonds. The monoisotopic (exact) mass is 487 g/mol. The summed E-state index contributed by atoms with van der Waals surface area (Å²) in [7, 11) is 0. The van der Waals surface area contributed by atoms with Gasteiger partial charge in [0.1, 0.15) is 17.1 Å². The topological polar surface area (TPSA) is 89.4 Å². The van der Waals surface area contributed by atoms with Crippen molar-refractivity contribution < 1.29 is 26.3 Å². The molecule has 0 aliphatic heterocycles. The quantitative estimate of drug-likeness (QED) is 0.315. The van der Waals surface area contributed by atoms with Crippen molar-refractivity contribution in [2.45, 2.75) is 12.4 Å². The summed E-state index contributed by atoms with van der Waals surface area (Å²) in [6.45, 7) is 0. The highest BCUT2D eigenvalue weighted by Gasteiger charge is 2.33. The number of halogens is 6. The predicted molar refractivity (Wildman–Crippen MR) is 112 cm³/mol. The molecule has 13 heteroatoms. The van der Waals surface area contributed by atoms with E-state index in [4.69, 9.17) is 6.42 Å². The third kappa shape index (κ3) is 5.49. The van der Waals surface area contributed by atoms with Crippen LogP contribution in [0.1, 0.15) is 17.0 Å². The number of rotatable bonds is 4. The molecule has 0 aliphatic carbocycles. The molecule has 35 heavy (non-hydrogen) atoms. The zero-order valence-corrected chi connectivity index (χ0v) is 17.2. The molecular weight excluding hydrogens is 476 g/mol. The van der Waals surface area contributed by atoms with E-state index in [1.54, 1.807) is 0 Å². The van der Waals surface area contributed by atoms with E-state index in [2.05, 4.69) is 41.1 Å². The molecule has 4 aromatic rings. The molecule has 4 heterocycles.